The maximum absolute atomic E-state index is 13.6. The molecule has 0 bridgehead atoms. The number of nitrogens with zero attached hydrogens (tertiary/aromatic N) is 3. The van der Waals surface area contributed by atoms with E-state index in [-0.39, 0.29) is 11.5 Å². The Morgan fingerprint density at radius 3 is 2.64 bits per heavy atom. The van der Waals surface area contributed by atoms with Crippen LogP contribution in [0.4, 0.5) is 10.1 Å². The molecule has 174 valence electrons. The summed E-state index contributed by atoms with van der Waals surface area (Å²) >= 11 is 0. The van der Waals surface area contributed by atoms with Crippen LogP contribution < -0.4 is 15.4 Å². The predicted molar refractivity (Wildman–Crippen MR) is 129 cm³/mol. The second kappa shape index (κ2) is 10.8. The highest BCUT2D eigenvalue weighted by Gasteiger charge is 2.14. The Morgan fingerprint density at radius 1 is 1.18 bits per heavy atom. The molecule has 1 aromatic heterocycles. The summed E-state index contributed by atoms with van der Waals surface area (Å²) in [6.07, 6.45) is 0.670. The number of anilines is 1. The van der Waals surface area contributed by atoms with Gasteiger partial charge in [-0.1, -0.05) is 12.1 Å². The number of aromatic nitrogens is 2. The molecule has 0 aliphatic rings. The van der Waals surface area contributed by atoms with Crippen LogP contribution in [0, 0.1) is 26.6 Å². The Morgan fingerprint density at radius 2 is 1.97 bits per heavy atom. The van der Waals surface area contributed by atoms with Gasteiger partial charge in [0.1, 0.15) is 11.6 Å². The molecule has 8 heteroatoms. The first-order chi connectivity index (χ1) is 15.8. The Hall–Kier alpha value is -3.68. The van der Waals surface area contributed by atoms with Crippen molar-refractivity contribution >= 4 is 17.6 Å². The van der Waals surface area contributed by atoms with Crippen molar-refractivity contribution in [3.05, 3.63) is 76.4 Å². The van der Waals surface area contributed by atoms with Gasteiger partial charge >= 0.3 is 0 Å². The van der Waals surface area contributed by atoms with Crippen molar-refractivity contribution in [2.45, 2.75) is 40.7 Å². The van der Waals surface area contributed by atoms with E-state index in [1.807, 2.05) is 43.7 Å². The van der Waals surface area contributed by atoms with Crippen molar-refractivity contribution < 1.29 is 13.9 Å². The molecule has 0 saturated heterocycles. The van der Waals surface area contributed by atoms with Crippen LogP contribution >= 0.6 is 0 Å². The molecule has 3 rings (SSSR count). The molecular formula is C25H30FN5O2. The number of ether oxygens (including phenoxy) is 1. The van der Waals surface area contributed by atoms with Crippen LogP contribution in [0.15, 0.2) is 47.5 Å². The van der Waals surface area contributed by atoms with Crippen LogP contribution in [-0.4, -0.2) is 35.3 Å². The zero-order valence-electron chi connectivity index (χ0n) is 19.7. The van der Waals surface area contributed by atoms with E-state index in [0.29, 0.717) is 24.4 Å². The van der Waals surface area contributed by atoms with Gasteiger partial charge in [-0.05, 0) is 75.6 Å². The first kappa shape index (κ1) is 24.0. The molecule has 0 radical (unpaired) electrons. The molecule has 7 nitrogen and oxygen atoms in total. The van der Waals surface area contributed by atoms with E-state index in [4.69, 9.17) is 4.74 Å². The number of hydrogen-bond donors (Lipinski definition) is 2. The highest BCUT2D eigenvalue weighted by atomic mass is 19.1. The van der Waals surface area contributed by atoms with E-state index in [2.05, 4.69) is 27.6 Å². The molecule has 0 fully saturated rings. The summed E-state index contributed by atoms with van der Waals surface area (Å²) in [6.45, 7) is 9.28. The fourth-order valence-electron chi connectivity index (χ4n) is 3.65. The quantitative estimate of drug-likeness (QED) is 0.412. The molecule has 1 heterocycles. The van der Waals surface area contributed by atoms with E-state index in [1.54, 1.807) is 13.2 Å². The standard InChI is InChI=1S/C25H30FN5O2/c1-6-31-18(4)21(17(3)30-31)12-13-27-25(28-22-14-16(2)10-11-23(22)33-5)29-24(32)19-8-7-9-20(26)15-19/h7-11,14-15H,6,12-13H2,1-5H3,(H2,27,28,29,32). The maximum atomic E-state index is 13.6. The van der Waals surface area contributed by atoms with Gasteiger partial charge in [-0.2, -0.15) is 5.10 Å². The number of amides is 1. The van der Waals surface area contributed by atoms with Gasteiger partial charge in [0.15, 0.2) is 0 Å². The van der Waals surface area contributed by atoms with Crippen LogP contribution in [0.1, 0.15) is 39.8 Å². The number of guanidine groups is 1. The summed E-state index contributed by atoms with van der Waals surface area (Å²) in [5, 5.41) is 10.5. The van der Waals surface area contributed by atoms with Crippen LogP contribution in [0.2, 0.25) is 0 Å². The average molecular weight is 452 g/mol. The van der Waals surface area contributed by atoms with Crippen LogP contribution in [-0.2, 0) is 13.0 Å². The lowest BCUT2D eigenvalue weighted by Crippen LogP contribution is -2.36. The third kappa shape index (κ3) is 5.97. The second-order valence-corrected chi connectivity index (χ2v) is 7.74. The number of nitrogens with one attached hydrogen (secondary N) is 2. The first-order valence-electron chi connectivity index (χ1n) is 10.9. The average Bonchev–Trinajstić information content (AvgIpc) is 3.06. The number of aliphatic imine (C=N–C) groups is 1. The van der Waals surface area contributed by atoms with Gasteiger partial charge in [-0.15, -0.1) is 0 Å². The molecule has 0 aliphatic carbocycles. The lowest BCUT2D eigenvalue weighted by atomic mass is 10.1. The van der Waals surface area contributed by atoms with E-state index in [1.165, 1.54) is 18.2 Å². The van der Waals surface area contributed by atoms with Gasteiger partial charge in [0.25, 0.3) is 5.91 Å². The minimum atomic E-state index is -0.478. The molecule has 0 unspecified atom stereocenters. The summed E-state index contributed by atoms with van der Waals surface area (Å²) in [5.74, 6) is -0.0672. The predicted octanol–water partition coefficient (Wildman–Crippen LogP) is 4.42. The number of halogens is 1. The minimum absolute atomic E-state index is 0.205. The zero-order chi connectivity index (χ0) is 24.0. The monoisotopic (exact) mass is 451 g/mol. The zero-order valence-corrected chi connectivity index (χ0v) is 19.7. The van der Waals surface area contributed by atoms with Crippen molar-refractivity contribution in [3.63, 3.8) is 0 Å². The number of rotatable bonds is 7. The highest BCUT2D eigenvalue weighted by Crippen LogP contribution is 2.25. The SMILES string of the molecule is CCn1nc(C)c(CCN=C(NC(=O)c2cccc(F)c2)Nc2cc(C)ccc2OC)c1C. The Labute approximate surface area is 193 Å². The Balaban J connectivity index is 1.85. The fraction of sp³-hybridized carbons (Fsp3) is 0.320. The summed E-state index contributed by atoms with van der Waals surface area (Å²) in [7, 11) is 1.58. The molecular weight excluding hydrogens is 421 g/mol. The number of hydrogen-bond acceptors (Lipinski definition) is 4. The van der Waals surface area contributed by atoms with Gasteiger partial charge < -0.3 is 10.1 Å². The summed E-state index contributed by atoms with van der Waals surface area (Å²) in [5.41, 5.74) is 5.13. The van der Waals surface area contributed by atoms with Crippen LogP contribution in [0.3, 0.4) is 0 Å². The van der Waals surface area contributed by atoms with Crippen molar-refractivity contribution in [1.82, 2.24) is 15.1 Å². The molecule has 0 atom stereocenters. The Kier molecular flexibility index (Phi) is 7.82. The molecule has 33 heavy (non-hydrogen) atoms. The molecule has 2 N–H and O–H groups in total. The van der Waals surface area contributed by atoms with E-state index < -0.39 is 11.7 Å². The van der Waals surface area contributed by atoms with Crippen molar-refractivity contribution in [2.24, 2.45) is 4.99 Å². The number of benzene rings is 2. The van der Waals surface area contributed by atoms with E-state index >= 15 is 0 Å². The summed E-state index contributed by atoms with van der Waals surface area (Å²) in [6, 6.07) is 11.2. The molecule has 0 saturated carbocycles. The maximum Gasteiger partial charge on any atom is 0.258 e. The number of methoxy groups -OCH3 is 1. The van der Waals surface area contributed by atoms with Gasteiger partial charge in [0.05, 0.1) is 18.5 Å². The third-order valence-electron chi connectivity index (χ3n) is 5.39. The van der Waals surface area contributed by atoms with E-state index in [9.17, 15) is 9.18 Å². The van der Waals surface area contributed by atoms with Crippen LogP contribution in [0.5, 0.6) is 5.75 Å². The lowest BCUT2D eigenvalue weighted by molar-refractivity contribution is 0.0976. The van der Waals surface area contributed by atoms with Gasteiger partial charge in [-0.25, -0.2) is 4.39 Å². The minimum Gasteiger partial charge on any atom is -0.495 e. The topological polar surface area (TPSA) is 80.5 Å². The molecule has 0 spiro atoms. The number of carbonyl (C=O) groups is 1. The van der Waals surface area contributed by atoms with Crippen molar-refractivity contribution in [2.75, 3.05) is 19.0 Å². The van der Waals surface area contributed by atoms with E-state index in [0.717, 1.165) is 29.1 Å². The third-order valence-corrected chi connectivity index (χ3v) is 5.39. The number of aryl methyl sites for hydroxylation is 3. The second-order valence-electron chi connectivity index (χ2n) is 7.74. The Bertz CT molecular complexity index is 1170. The number of carbonyl (C=O) groups excluding carboxylic acids is 1. The summed E-state index contributed by atoms with van der Waals surface area (Å²) < 4.78 is 21.0. The van der Waals surface area contributed by atoms with Crippen LogP contribution in [0.25, 0.3) is 0 Å². The van der Waals surface area contributed by atoms with Gasteiger partial charge in [0.2, 0.25) is 5.96 Å². The largest absolute Gasteiger partial charge is 0.495 e. The van der Waals surface area contributed by atoms with Gasteiger partial charge in [-0.3, -0.25) is 19.8 Å². The van der Waals surface area contributed by atoms with Gasteiger partial charge in [0, 0.05) is 24.3 Å². The summed E-state index contributed by atoms with van der Waals surface area (Å²) in [4.78, 5) is 17.4. The highest BCUT2D eigenvalue weighted by molar-refractivity contribution is 6.10. The molecule has 0 aliphatic heterocycles. The van der Waals surface area contributed by atoms with Crippen molar-refractivity contribution in [1.29, 1.82) is 0 Å². The lowest BCUT2D eigenvalue weighted by Gasteiger charge is -2.15. The molecule has 1 amide bonds. The van der Waals surface area contributed by atoms with Crippen molar-refractivity contribution in [3.8, 4) is 5.75 Å². The molecule has 3 aromatic rings. The fourth-order valence-corrected chi connectivity index (χ4v) is 3.65. The first-order valence-corrected chi connectivity index (χ1v) is 10.9. The smallest absolute Gasteiger partial charge is 0.258 e. The molecule has 2 aromatic carbocycles. The normalized spacial score (nSPS) is 11.4.